The minimum Gasteiger partial charge on any atom is -0.321 e. The lowest BCUT2D eigenvalue weighted by molar-refractivity contribution is 0.177. The van der Waals surface area contributed by atoms with E-state index in [-0.39, 0.29) is 0 Å². The highest BCUT2D eigenvalue weighted by Gasteiger charge is 2.48. The Balaban J connectivity index is 0.00000117. The SMILES string of the molecule is C=C1c2cc(B3CC(C)(C)C(C)(C)C3)ccc2C(CC)=CN1C1=C(C)CC1.CC. The van der Waals surface area contributed by atoms with E-state index in [9.17, 15) is 0 Å². The summed E-state index contributed by atoms with van der Waals surface area (Å²) in [7, 11) is 0. The third-order valence-electron chi connectivity index (χ3n) is 7.99. The highest BCUT2D eigenvalue weighted by atomic mass is 15.1. The van der Waals surface area contributed by atoms with Crippen LogP contribution in [0.15, 0.2) is 42.2 Å². The molecule has 2 aliphatic heterocycles. The van der Waals surface area contributed by atoms with E-state index >= 15 is 0 Å². The van der Waals surface area contributed by atoms with E-state index in [1.54, 1.807) is 0 Å². The monoisotopic (exact) mass is 389 g/mol. The summed E-state index contributed by atoms with van der Waals surface area (Å²) in [6, 6.07) is 7.22. The van der Waals surface area contributed by atoms with Gasteiger partial charge in [0, 0.05) is 23.2 Å². The summed E-state index contributed by atoms with van der Waals surface area (Å²) in [5.74, 6) is 0. The quantitative estimate of drug-likeness (QED) is 0.482. The Kier molecular flexibility index (Phi) is 5.96. The molecule has 1 nitrogen and oxygen atoms in total. The number of rotatable bonds is 3. The fourth-order valence-corrected chi connectivity index (χ4v) is 5.20. The Morgan fingerprint density at radius 3 is 2.10 bits per heavy atom. The lowest BCUT2D eigenvalue weighted by Crippen LogP contribution is -2.30. The van der Waals surface area contributed by atoms with Gasteiger partial charge < -0.3 is 4.90 Å². The van der Waals surface area contributed by atoms with Gasteiger partial charge in [-0.2, -0.15) is 0 Å². The average Bonchev–Trinajstić information content (AvgIpc) is 2.91. The Bertz CT molecular complexity index is 853. The molecule has 0 atom stereocenters. The van der Waals surface area contributed by atoms with Gasteiger partial charge in [-0.05, 0) is 48.2 Å². The Labute approximate surface area is 180 Å². The van der Waals surface area contributed by atoms with Crippen molar-refractivity contribution in [1.29, 1.82) is 0 Å². The number of benzene rings is 1. The maximum Gasteiger partial charge on any atom is 0.177 e. The summed E-state index contributed by atoms with van der Waals surface area (Å²) in [4.78, 5) is 2.38. The van der Waals surface area contributed by atoms with Crippen LogP contribution >= 0.6 is 0 Å². The zero-order valence-corrected chi connectivity index (χ0v) is 20.1. The molecule has 0 saturated carbocycles. The van der Waals surface area contributed by atoms with Crippen LogP contribution in [0.25, 0.3) is 11.3 Å². The van der Waals surface area contributed by atoms with Gasteiger partial charge >= 0.3 is 0 Å². The minimum atomic E-state index is 0.388. The maximum absolute atomic E-state index is 4.52. The van der Waals surface area contributed by atoms with E-state index in [1.165, 1.54) is 58.9 Å². The molecule has 0 radical (unpaired) electrons. The first kappa shape index (κ1) is 22.0. The molecule has 0 amide bonds. The lowest BCUT2D eigenvalue weighted by Gasteiger charge is -2.37. The average molecular weight is 389 g/mol. The second-order valence-corrected chi connectivity index (χ2v) is 10.2. The molecule has 1 aromatic rings. The molecule has 1 saturated heterocycles. The molecule has 2 heterocycles. The lowest BCUT2D eigenvalue weighted by atomic mass is 9.42. The largest absolute Gasteiger partial charge is 0.321 e. The molecular weight excluding hydrogens is 349 g/mol. The topological polar surface area (TPSA) is 3.24 Å². The summed E-state index contributed by atoms with van der Waals surface area (Å²) in [5, 5.41) is 0. The normalized spacial score (nSPS) is 21.9. The Hall–Kier alpha value is -1.70. The third-order valence-corrected chi connectivity index (χ3v) is 7.99. The van der Waals surface area contributed by atoms with Gasteiger partial charge in [-0.1, -0.05) is 96.9 Å². The van der Waals surface area contributed by atoms with Gasteiger partial charge in [0.2, 0.25) is 0 Å². The first-order chi connectivity index (χ1) is 13.6. The molecule has 1 fully saturated rings. The van der Waals surface area contributed by atoms with Crippen molar-refractivity contribution in [3.8, 4) is 0 Å². The van der Waals surface area contributed by atoms with Crippen LogP contribution in [-0.2, 0) is 0 Å². The molecule has 0 N–H and O–H groups in total. The molecule has 0 aromatic heterocycles. The Morgan fingerprint density at radius 1 is 1.00 bits per heavy atom. The van der Waals surface area contributed by atoms with Crippen LogP contribution < -0.4 is 5.46 Å². The van der Waals surface area contributed by atoms with Crippen LogP contribution in [-0.4, -0.2) is 11.6 Å². The highest BCUT2D eigenvalue weighted by molar-refractivity contribution is 6.74. The molecule has 3 aliphatic rings. The van der Waals surface area contributed by atoms with Crippen molar-refractivity contribution < 1.29 is 0 Å². The van der Waals surface area contributed by atoms with Crippen LogP contribution in [0, 0.1) is 10.8 Å². The Morgan fingerprint density at radius 2 is 1.62 bits per heavy atom. The van der Waals surface area contributed by atoms with Crippen LogP contribution in [0.3, 0.4) is 0 Å². The van der Waals surface area contributed by atoms with Crippen LogP contribution in [0.2, 0.25) is 12.6 Å². The van der Waals surface area contributed by atoms with Gasteiger partial charge in [0.1, 0.15) is 0 Å². The van der Waals surface area contributed by atoms with E-state index in [4.69, 9.17) is 0 Å². The number of hydrogen-bond donors (Lipinski definition) is 0. The van der Waals surface area contributed by atoms with E-state index in [2.05, 4.69) is 77.4 Å². The first-order valence-electron chi connectivity index (χ1n) is 11.7. The van der Waals surface area contributed by atoms with Crippen molar-refractivity contribution in [1.82, 2.24) is 4.90 Å². The molecule has 0 spiro atoms. The van der Waals surface area contributed by atoms with Crippen LogP contribution in [0.5, 0.6) is 0 Å². The molecule has 4 rings (SSSR count). The van der Waals surface area contributed by atoms with Crippen LogP contribution in [0.1, 0.15) is 85.8 Å². The van der Waals surface area contributed by atoms with Gasteiger partial charge in [0.05, 0.1) is 0 Å². The van der Waals surface area contributed by atoms with Crippen LogP contribution in [0.4, 0.5) is 0 Å². The predicted octanol–water partition coefficient (Wildman–Crippen LogP) is 7.59. The maximum atomic E-state index is 4.52. The second kappa shape index (κ2) is 7.86. The number of nitrogens with zero attached hydrogens (tertiary/aromatic N) is 1. The summed E-state index contributed by atoms with van der Waals surface area (Å²) in [6.07, 6.45) is 8.35. The standard InChI is InChI=1S/C25H34BN.C2H6/c1-8-19-14-27(23-12-9-17(23)2)18(3)22-13-20(10-11-21(19)22)26-15-24(4,5)25(6,7)16-26;1-2/h10-11,13-14H,3,8-9,12,15-16H2,1-2,4-7H3;1-2H3. The summed E-state index contributed by atoms with van der Waals surface area (Å²) >= 11 is 0. The minimum absolute atomic E-state index is 0.388. The van der Waals surface area contributed by atoms with Gasteiger partial charge in [0.15, 0.2) is 6.71 Å². The van der Waals surface area contributed by atoms with E-state index < -0.39 is 0 Å². The molecular formula is C27H40BN. The zero-order valence-electron chi connectivity index (χ0n) is 20.1. The summed E-state index contributed by atoms with van der Waals surface area (Å²) in [5.41, 5.74) is 10.6. The van der Waals surface area contributed by atoms with E-state index in [1.807, 2.05) is 13.8 Å². The van der Waals surface area contributed by atoms with Crippen molar-refractivity contribution in [2.75, 3.05) is 0 Å². The summed E-state index contributed by atoms with van der Waals surface area (Å²) in [6.45, 7) is 23.5. The molecule has 1 aliphatic carbocycles. The van der Waals surface area contributed by atoms with Gasteiger partial charge in [-0.25, -0.2) is 0 Å². The number of allylic oxidation sites excluding steroid dienone is 3. The number of hydrogen-bond acceptors (Lipinski definition) is 1. The van der Waals surface area contributed by atoms with Crippen molar-refractivity contribution in [3.05, 3.63) is 53.4 Å². The smallest absolute Gasteiger partial charge is 0.177 e. The molecule has 1 aromatic carbocycles. The fourth-order valence-electron chi connectivity index (χ4n) is 5.20. The second-order valence-electron chi connectivity index (χ2n) is 10.2. The van der Waals surface area contributed by atoms with Gasteiger partial charge in [-0.3, -0.25) is 0 Å². The zero-order chi connectivity index (χ0) is 21.6. The molecule has 2 heteroatoms. The molecule has 0 unspecified atom stereocenters. The van der Waals surface area contributed by atoms with Crippen molar-refractivity contribution in [3.63, 3.8) is 0 Å². The number of fused-ring (bicyclic) bond motifs is 1. The van der Waals surface area contributed by atoms with E-state index in [0.29, 0.717) is 17.5 Å². The van der Waals surface area contributed by atoms with E-state index in [0.717, 1.165) is 12.1 Å². The first-order valence-corrected chi connectivity index (χ1v) is 11.7. The molecule has 0 bridgehead atoms. The van der Waals surface area contributed by atoms with Crippen molar-refractivity contribution >= 4 is 23.4 Å². The fraction of sp³-hybridized carbons (Fsp3) is 0.556. The molecule has 29 heavy (non-hydrogen) atoms. The van der Waals surface area contributed by atoms with Gasteiger partial charge in [0.25, 0.3) is 0 Å². The molecule has 156 valence electrons. The summed E-state index contributed by atoms with van der Waals surface area (Å²) < 4.78 is 0. The van der Waals surface area contributed by atoms with Crippen molar-refractivity contribution in [2.24, 2.45) is 10.8 Å². The third kappa shape index (κ3) is 3.64. The van der Waals surface area contributed by atoms with Gasteiger partial charge in [-0.15, -0.1) is 0 Å². The van der Waals surface area contributed by atoms with Crippen molar-refractivity contribution in [2.45, 2.75) is 87.3 Å². The highest BCUT2D eigenvalue weighted by Crippen LogP contribution is 2.52. The predicted molar refractivity (Wildman–Crippen MR) is 131 cm³/mol.